The van der Waals surface area contributed by atoms with Gasteiger partial charge in [-0.05, 0) is 38.5 Å². The predicted molar refractivity (Wildman–Crippen MR) is 186 cm³/mol. The van der Waals surface area contributed by atoms with Crippen LogP contribution in [0.15, 0.2) is 12.2 Å². The number of quaternary nitrogens is 1. The number of likely N-dealkylation sites (N-methyl/N-ethyl adjacent to an activating group) is 1. The minimum atomic E-state index is -4.10. The van der Waals surface area contributed by atoms with E-state index in [1.807, 2.05) is 21.1 Å². The zero-order valence-corrected chi connectivity index (χ0v) is 30.3. The van der Waals surface area contributed by atoms with Gasteiger partial charge in [-0.3, -0.25) is 13.8 Å². The number of unbranched alkanes of at least 4 members (excludes halogenated alkanes) is 20. The molecule has 260 valence electrons. The monoisotopic (exact) mass is 644 g/mol. The number of phosphoric acid groups is 1. The van der Waals surface area contributed by atoms with E-state index in [-0.39, 0.29) is 12.5 Å². The molecule has 0 aromatic heterocycles. The lowest BCUT2D eigenvalue weighted by Gasteiger charge is -2.24. The van der Waals surface area contributed by atoms with E-state index in [9.17, 15) is 14.3 Å². The molecule has 1 unspecified atom stereocenters. The van der Waals surface area contributed by atoms with E-state index in [4.69, 9.17) is 9.05 Å². The summed E-state index contributed by atoms with van der Waals surface area (Å²) < 4.78 is 23.3. The lowest BCUT2D eigenvalue weighted by atomic mass is 10.0. The average molecular weight is 644 g/mol. The molecule has 1 fully saturated rings. The SMILES string of the molecule is CCCCCCCCCCCCCCCCC/C=C\CCCCCCCC(=O)N1CC[C@@H](OP(=O)(O)OCC[N+](C)(C)C)C1. The summed E-state index contributed by atoms with van der Waals surface area (Å²) in [5.41, 5.74) is 0. The van der Waals surface area contributed by atoms with Crippen LogP contribution in [0.4, 0.5) is 0 Å². The second-order valence-corrected chi connectivity index (χ2v) is 15.6. The van der Waals surface area contributed by atoms with Crippen molar-refractivity contribution >= 4 is 13.7 Å². The normalized spacial score (nSPS) is 17.1. The van der Waals surface area contributed by atoms with Gasteiger partial charge in [0.15, 0.2) is 0 Å². The number of carbonyl (C=O) groups excluding carboxylic acids is 1. The molecule has 2 atom stereocenters. The van der Waals surface area contributed by atoms with E-state index in [1.54, 1.807) is 4.90 Å². The topological polar surface area (TPSA) is 76.1 Å². The van der Waals surface area contributed by atoms with Gasteiger partial charge in [0.05, 0.1) is 27.2 Å². The van der Waals surface area contributed by atoms with Gasteiger partial charge in [0.1, 0.15) is 13.2 Å². The van der Waals surface area contributed by atoms with Gasteiger partial charge in [0, 0.05) is 19.5 Å². The van der Waals surface area contributed by atoms with E-state index >= 15 is 0 Å². The molecular formula is C36H72N2O5P+. The van der Waals surface area contributed by atoms with Crippen LogP contribution in [0, 0.1) is 0 Å². The summed E-state index contributed by atoms with van der Waals surface area (Å²) >= 11 is 0. The maximum Gasteiger partial charge on any atom is 0.472 e. The van der Waals surface area contributed by atoms with E-state index in [2.05, 4.69) is 19.1 Å². The Morgan fingerprint density at radius 1 is 0.773 bits per heavy atom. The van der Waals surface area contributed by atoms with Crippen LogP contribution in [0.2, 0.25) is 0 Å². The number of amides is 1. The molecule has 1 amide bonds. The Morgan fingerprint density at radius 2 is 1.23 bits per heavy atom. The summed E-state index contributed by atoms with van der Waals surface area (Å²) in [7, 11) is 1.88. The fourth-order valence-corrected chi connectivity index (χ4v) is 6.71. The smallest absolute Gasteiger partial charge is 0.340 e. The fraction of sp³-hybridized carbons (Fsp3) is 0.917. The number of hydrogen-bond donors (Lipinski definition) is 1. The van der Waals surface area contributed by atoms with Crippen LogP contribution >= 0.6 is 7.82 Å². The van der Waals surface area contributed by atoms with Crippen molar-refractivity contribution in [2.24, 2.45) is 0 Å². The molecule has 0 aromatic carbocycles. The van der Waals surface area contributed by atoms with Crippen molar-refractivity contribution in [2.45, 2.75) is 167 Å². The van der Waals surface area contributed by atoms with Gasteiger partial charge in [-0.2, -0.15) is 0 Å². The third kappa shape index (κ3) is 25.5. The summed E-state index contributed by atoms with van der Waals surface area (Å²) in [6.45, 7) is 4.00. The maximum absolute atomic E-state index is 12.6. The molecule has 7 nitrogen and oxygen atoms in total. The van der Waals surface area contributed by atoms with Crippen molar-refractivity contribution in [1.82, 2.24) is 4.90 Å². The van der Waals surface area contributed by atoms with Gasteiger partial charge in [-0.15, -0.1) is 0 Å². The highest BCUT2D eigenvalue weighted by molar-refractivity contribution is 7.47. The van der Waals surface area contributed by atoms with Crippen molar-refractivity contribution in [1.29, 1.82) is 0 Å². The summed E-state index contributed by atoms with van der Waals surface area (Å²) in [6.07, 6.45) is 34.7. The number of carbonyl (C=O) groups is 1. The van der Waals surface area contributed by atoms with E-state index in [0.29, 0.717) is 37.0 Å². The highest BCUT2D eigenvalue weighted by atomic mass is 31.2. The first-order valence-corrected chi connectivity index (χ1v) is 20.0. The van der Waals surface area contributed by atoms with Crippen LogP contribution in [0.5, 0.6) is 0 Å². The molecular weight excluding hydrogens is 571 g/mol. The molecule has 1 aliphatic heterocycles. The van der Waals surface area contributed by atoms with Crippen LogP contribution in [0.1, 0.15) is 161 Å². The predicted octanol–water partition coefficient (Wildman–Crippen LogP) is 9.98. The van der Waals surface area contributed by atoms with Crippen LogP contribution in [-0.4, -0.2) is 73.7 Å². The Hall–Kier alpha value is -0.720. The summed E-state index contributed by atoms with van der Waals surface area (Å²) in [6, 6.07) is 0. The van der Waals surface area contributed by atoms with Gasteiger partial charge in [-0.1, -0.05) is 128 Å². The molecule has 8 heteroatoms. The summed E-state index contributed by atoms with van der Waals surface area (Å²) in [5.74, 6) is 0.122. The minimum absolute atomic E-state index is 0.122. The Balaban J connectivity index is 1.87. The molecule has 0 radical (unpaired) electrons. The Bertz CT molecular complexity index is 770. The van der Waals surface area contributed by atoms with Crippen molar-refractivity contribution in [2.75, 3.05) is 47.4 Å². The molecule has 0 aliphatic carbocycles. The summed E-state index contributed by atoms with van der Waals surface area (Å²) in [4.78, 5) is 24.3. The highest BCUT2D eigenvalue weighted by Crippen LogP contribution is 2.45. The first kappa shape index (κ1) is 41.3. The average Bonchev–Trinajstić information content (AvgIpc) is 3.42. The third-order valence-electron chi connectivity index (χ3n) is 8.70. The molecule has 1 aliphatic rings. The standard InChI is InChI=1S/C36H71N2O5P/c1-5-6-7-8-9-10-11-12-13-14-15-16-17-18-19-20-21-22-23-24-25-26-27-28-29-36(39)37-31-30-35(34-37)43-44(40,41)42-33-32-38(2,3)4/h21-22,35H,5-20,23-34H2,1-4H3/p+1/b22-21-/t35-/m1/s1. The van der Waals surface area contributed by atoms with Gasteiger partial charge < -0.3 is 14.3 Å². The Kier molecular flexibility index (Phi) is 24.7. The highest BCUT2D eigenvalue weighted by Gasteiger charge is 2.33. The van der Waals surface area contributed by atoms with E-state index in [0.717, 1.165) is 12.8 Å². The van der Waals surface area contributed by atoms with Crippen LogP contribution < -0.4 is 0 Å². The second kappa shape index (κ2) is 26.4. The molecule has 44 heavy (non-hydrogen) atoms. The number of nitrogens with zero attached hydrogens (tertiary/aromatic N) is 2. The Labute approximate surface area is 272 Å². The molecule has 0 bridgehead atoms. The van der Waals surface area contributed by atoms with Gasteiger partial charge in [0.2, 0.25) is 5.91 Å². The lowest BCUT2D eigenvalue weighted by molar-refractivity contribution is -0.870. The van der Waals surface area contributed by atoms with Gasteiger partial charge >= 0.3 is 7.82 Å². The number of likely N-dealkylation sites (tertiary alicyclic amines) is 1. The molecule has 0 saturated carbocycles. The quantitative estimate of drug-likeness (QED) is 0.0365. The van der Waals surface area contributed by atoms with Crippen LogP contribution in [0.3, 0.4) is 0 Å². The van der Waals surface area contributed by atoms with Crippen molar-refractivity contribution in [3.63, 3.8) is 0 Å². The number of hydrogen-bond acceptors (Lipinski definition) is 4. The molecule has 1 rings (SSSR count). The van der Waals surface area contributed by atoms with E-state index in [1.165, 1.54) is 128 Å². The molecule has 1 N–H and O–H groups in total. The van der Waals surface area contributed by atoms with Crippen molar-refractivity contribution < 1.29 is 27.8 Å². The number of rotatable bonds is 30. The Morgan fingerprint density at radius 3 is 1.70 bits per heavy atom. The first-order valence-electron chi connectivity index (χ1n) is 18.5. The lowest BCUT2D eigenvalue weighted by Crippen LogP contribution is -2.37. The zero-order valence-electron chi connectivity index (χ0n) is 29.5. The zero-order chi connectivity index (χ0) is 32.4. The molecule has 0 aromatic rings. The summed E-state index contributed by atoms with van der Waals surface area (Å²) in [5, 5.41) is 0. The van der Waals surface area contributed by atoms with Crippen LogP contribution in [0.25, 0.3) is 0 Å². The molecule has 1 heterocycles. The van der Waals surface area contributed by atoms with Gasteiger partial charge in [-0.25, -0.2) is 4.57 Å². The first-order chi connectivity index (χ1) is 21.1. The second-order valence-electron chi connectivity index (χ2n) is 14.2. The van der Waals surface area contributed by atoms with E-state index < -0.39 is 13.9 Å². The minimum Gasteiger partial charge on any atom is -0.340 e. The number of phosphoric ester groups is 1. The van der Waals surface area contributed by atoms with Crippen molar-refractivity contribution in [3.05, 3.63) is 12.2 Å². The molecule has 1 saturated heterocycles. The largest absolute Gasteiger partial charge is 0.472 e. The molecule has 0 spiro atoms. The number of allylic oxidation sites excluding steroid dienone is 2. The van der Waals surface area contributed by atoms with Crippen LogP contribution in [-0.2, 0) is 18.4 Å². The maximum atomic E-state index is 12.6. The third-order valence-corrected chi connectivity index (χ3v) is 9.77. The van der Waals surface area contributed by atoms with Crippen molar-refractivity contribution in [3.8, 4) is 0 Å². The fourth-order valence-electron chi connectivity index (χ4n) is 5.79. The van der Waals surface area contributed by atoms with Gasteiger partial charge in [0.25, 0.3) is 0 Å².